The van der Waals surface area contributed by atoms with Gasteiger partial charge >= 0.3 is 0 Å². The molecule has 2 rings (SSSR count). The fourth-order valence-corrected chi connectivity index (χ4v) is 2.02. The molecule has 1 N–H and O–H groups in total. The Hall–Kier alpha value is -2.44. The van der Waals surface area contributed by atoms with Crippen molar-refractivity contribution in [2.75, 3.05) is 26.9 Å². The molecule has 0 spiro atoms. The number of hydrogen-bond donors (Lipinski definition) is 1. The van der Waals surface area contributed by atoms with Crippen molar-refractivity contribution in [3.8, 4) is 11.5 Å². The minimum absolute atomic E-state index is 0.124. The Morgan fingerprint density at radius 2 is 2.04 bits per heavy atom. The minimum atomic E-state index is -0.211. The monoisotopic (exact) mass is 330 g/mol. The highest BCUT2D eigenvalue weighted by Gasteiger charge is 2.15. The van der Waals surface area contributed by atoms with Crippen LogP contribution in [0.3, 0.4) is 0 Å². The predicted molar refractivity (Wildman–Crippen MR) is 90.4 cm³/mol. The average molecular weight is 330 g/mol. The molecule has 0 radical (unpaired) electrons. The molecule has 0 saturated carbocycles. The van der Waals surface area contributed by atoms with E-state index in [1.807, 2.05) is 13.0 Å². The number of methoxy groups -OCH3 is 1. The third kappa shape index (κ3) is 5.64. The van der Waals surface area contributed by atoms with E-state index in [1.165, 1.54) is 0 Å². The first-order chi connectivity index (χ1) is 11.7. The molecule has 0 aliphatic rings. The lowest BCUT2D eigenvalue weighted by Gasteiger charge is -2.16. The van der Waals surface area contributed by atoms with E-state index >= 15 is 0 Å². The Morgan fingerprint density at radius 3 is 2.79 bits per heavy atom. The van der Waals surface area contributed by atoms with Crippen LogP contribution < -0.4 is 10.1 Å². The summed E-state index contributed by atoms with van der Waals surface area (Å²) < 4.78 is 16.1. The molecule has 24 heavy (non-hydrogen) atoms. The summed E-state index contributed by atoms with van der Waals surface area (Å²) in [6, 6.07) is 10.5. The van der Waals surface area contributed by atoms with Crippen molar-refractivity contribution < 1.29 is 19.0 Å². The number of ether oxygens (including phenoxy) is 3. The van der Waals surface area contributed by atoms with E-state index < -0.39 is 0 Å². The summed E-state index contributed by atoms with van der Waals surface area (Å²) in [7, 11) is 1.62. The summed E-state index contributed by atoms with van der Waals surface area (Å²) in [6.07, 6.45) is 3.26. The van der Waals surface area contributed by atoms with Gasteiger partial charge in [0.05, 0.1) is 31.6 Å². The number of carbonyl (C=O) groups is 1. The number of rotatable bonds is 9. The Labute approximate surface area is 141 Å². The maximum atomic E-state index is 12.5. The van der Waals surface area contributed by atoms with Crippen LogP contribution in [0.4, 0.5) is 0 Å². The van der Waals surface area contributed by atoms with Gasteiger partial charge in [0.15, 0.2) is 0 Å². The van der Waals surface area contributed by atoms with E-state index in [2.05, 4.69) is 10.3 Å². The summed E-state index contributed by atoms with van der Waals surface area (Å²) >= 11 is 0. The second kappa shape index (κ2) is 9.64. The van der Waals surface area contributed by atoms with Crippen molar-refractivity contribution in [1.29, 1.82) is 0 Å². The largest absolute Gasteiger partial charge is 0.455 e. The lowest BCUT2D eigenvalue weighted by Crippen LogP contribution is -2.36. The third-order valence-electron chi connectivity index (χ3n) is 3.17. The molecular weight excluding hydrogens is 308 g/mol. The molecule has 0 unspecified atom stereocenters. The molecule has 0 aliphatic carbocycles. The van der Waals surface area contributed by atoms with E-state index in [1.54, 1.807) is 49.8 Å². The van der Waals surface area contributed by atoms with Crippen LogP contribution in [-0.2, 0) is 9.47 Å². The Morgan fingerprint density at radius 1 is 1.21 bits per heavy atom. The van der Waals surface area contributed by atoms with Crippen molar-refractivity contribution in [3.05, 3.63) is 54.4 Å². The molecule has 0 fully saturated rings. The van der Waals surface area contributed by atoms with E-state index in [0.29, 0.717) is 36.9 Å². The van der Waals surface area contributed by atoms with Crippen LogP contribution in [0.2, 0.25) is 0 Å². The first kappa shape index (κ1) is 17.9. The first-order valence-electron chi connectivity index (χ1n) is 7.75. The van der Waals surface area contributed by atoms with Crippen LogP contribution in [-0.4, -0.2) is 43.9 Å². The Bertz CT molecular complexity index is 634. The highest BCUT2D eigenvalue weighted by Crippen LogP contribution is 2.24. The van der Waals surface area contributed by atoms with Gasteiger partial charge < -0.3 is 19.5 Å². The van der Waals surface area contributed by atoms with Gasteiger partial charge in [-0.2, -0.15) is 0 Å². The normalized spacial score (nSPS) is 11.8. The molecule has 1 aromatic heterocycles. The number of benzene rings is 1. The second-order valence-corrected chi connectivity index (χ2v) is 5.23. The van der Waals surface area contributed by atoms with Gasteiger partial charge in [-0.25, -0.2) is 0 Å². The number of hydrogen-bond acceptors (Lipinski definition) is 5. The fourth-order valence-electron chi connectivity index (χ4n) is 2.02. The zero-order valence-electron chi connectivity index (χ0n) is 13.9. The van der Waals surface area contributed by atoms with Gasteiger partial charge in [0.2, 0.25) is 0 Å². The number of nitrogens with one attached hydrogen (secondary N) is 1. The third-order valence-corrected chi connectivity index (χ3v) is 3.17. The quantitative estimate of drug-likeness (QED) is 0.716. The molecule has 0 aliphatic heterocycles. The van der Waals surface area contributed by atoms with Crippen molar-refractivity contribution in [1.82, 2.24) is 10.3 Å². The van der Waals surface area contributed by atoms with Crippen molar-refractivity contribution >= 4 is 5.91 Å². The number of amides is 1. The minimum Gasteiger partial charge on any atom is -0.455 e. The van der Waals surface area contributed by atoms with Crippen LogP contribution in [0.15, 0.2) is 48.8 Å². The molecule has 0 saturated heterocycles. The van der Waals surface area contributed by atoms with Gasteiger partial charge in [0.25, 0.3) is 5.91 Å². The number of pyridine rings is 1. The van der Waals surface area contributed by atoms with E-state index in [4.69, 9.17) is 14.2 Å². The predicted octanol–water partition coefficient (Wildman–Crippen LogP) is 2.66. The summed E-state index contributed by atoms with van der Waals surface area (Å²) in [5, 5.41) is 2.90. The van der Waals surface area contributed by atoms with Crippen LogP contribution in [0.1, 0.15) is 17.3 Å². The standard InChI is InChI=1S/C18H22N2O4/c1-14(13-23-11-10-22-2)20-18(21)16-7-3-4-8-17(16)24-15-6-5-9-19-12-15/h3-9,12,14H,10-11,13H2,1-2H3,(H,20,21)/t14-/m1/s1. The molecule has 1 heterocycles. The zero-order chi connectivity index (χ0) is 17.2. The molecule has 6 nitrogen and oxygen atoms in total. The Kier molecular flexibility index (Phi) is 7.20. The number of carbonyl (C=O) groups excluding carboxylic acids is 1. The Balaban J connectivity index is 1.96. The SMILES string of the molecule is COCCOC[C@@H](C)NC(=O)c1ccccc1Oc1cccnc1. The van der Waals surface area contributed by atoms with Crippen molar-refractivity contribution in [3.63, 3.8) is 0 Å². The zero-order valence-corrected chi connectivity index (χ0v) is 13.9. The molecular formula is C18H22N2O4. The highest BCUT2D eigenvalue weighted by atomic mass is 16.5. The van der Waals surface area contributed by atoms with Crippen LogP contribution in [0, 0.1) is 0 Å². The van der Waals surface area contributed by atoms with Gasteiger partial charge in [-0.1, -0.05) is 12.1 Å². The van der Waals surface area contributed by atoms with Crippen molar-refractivity contribution in [2.24, 2.45) is 0 Å². The van der Waals surface area contributed by atoms with Crippen LogP contribution in [0.25, 0.3) is 0 Å². The molecule has 1 atom stereocenters. The van der Waals surface area contributed by atoms with Gasteiger partial charge in [-0.05, 0) is 31.2 Å². The molecule has 6 heteroatoms. The number of aromatic nitrogens is 1. The van der Waals surface area contributed by atoms with Crippen molar-refractivity contribution in [2.45, 2.75) is 13.0 Å². The first-order valence-corrected chi connectivity index (χ1v) is 7.75. The maximum Gasteiger partial charge on any atom is 0.255 e. The molecule has 1 aromatic carbocycles. The lowest BCUT2D eigenvalue weighted by molar-refractivity contribution is 0.0583. The summed E-state index contributed by atoms with van der Waals surface area (Å²) in [6.45, 7) is 3.33. The molecule has 2 aromatic rings. The van der Waals surface area contributed by atoms with E-state index in [0.717, 1.165) is 0 Å². The molecule has 0 bridgehead atoms. The van der Waals surface area contributed by atoms with Gasteiger partial charge in [0.1, 0.15) is 11.5 Å². The van der Waals surface area contributed by atoms with Gasteiger partial charge in [0, 0.05) is 19.3 Å². The van der Waals surface area contributed by atoms with Gasteiger partial charge in [-0.15, -0.1) is 0 Å². The average Bonchev–Trinajstić information content (AvgIpc) is 2.60. The highest BCUT2D eigenvalue weighted by molar-refractivity contribution is 5.97. The van der Waals surface area contributed by atoms with Crippen LogP contribution >= 0.6 is 0 Å². The lowest BCUT2D eigenvalue weighted by atomic mass is 10.1. The maximum absolute atomic E-state index is 12.5. The van der Waals surface area contributed by atoms with Crippen LogP contribution in [0.5, 0.6) is 11.5 Å². The van der Waals surface area contributed by atoms with Gasteiger partial charge in [-0.3, -0.25) is 9.78 Å². The number of nitrogens with zero attached hydrogens (tertiary/aromatic N) is 1. The topological polar surface area (TPSA) is 69.7 Å². The second-order valence-electron chi connectivity index (χ2n) is 5.23. The van der Waals surface area contributed by atoms with E-state index in [9.17, 15) is 4.79 Å². The molecule has 128 valence electrons. The molecule has 1 amide bonds. The van der Waals surface area contributed by atoms with E-state index in [-0.39, 0.29) is 11.9 Å². The smallest absolute Gasteiger partial charge is 0.255 e. The summed E-state index contributed by atoms with van der Waals surface area (Å²) in [5.74, 6) is 0.849. The fraction of sp³-hybridized carbons (Fsp3) is 0.333. The number of para-hydroxylation sites is 1. The summed E-state index contributed by atoms with van der Waals surface area (Å²) in [5.41, 5.74) is 0.463. The summed E-state index contributed by atoms with van der Waals surface area (Å²) in [4.78, 5) is 16.5.